The Kier molecular flexibility index (Phi) is 5.09. The number of ether oxygens (including phenoxy) is 2. The zero-order valence-electron chi connectivity index (χ0n) is 18.0. The van der Waals surface area contributed by atoms with Crippen molar-refractivity contribution in [2.45, 2.75) is 67.2 Å². The number of nitrogens with zero attached hydrogens (tertiary/aromatic N) is 4. The lowest BCUT2D eigenvalue weighted by Gasteiger charge is -2.24. The van der Waals surface area contributed by atoms with Crippen LogP contribution in [0, 0.1) is 5.92 Å². The van der Waals surface area contributed by atoms with E-state index < -0.39 is 36.1 Å². The van der Waals surface area contributed by atoms with Gasteiger partial charge in [-0.25, -0.2) is 19.7 Å². The Morgan fingerprint density at radius 1 is 1.35 bits per heavy atom. The standard InChI is InChI=1S/C20H25N7O6S/c21-16-13-17(23-6-22-16)27(7-24-13)18-14(11-15(29)20(11,31)33-18)32-10(28)4-2-1-3-9-12-8(5-34-9)25-19(30)26-12/h6-9,11-12,14-15,18,29,31H,1-5H2,(H2,21,22,23)(H2,25,26,30)/t8?,9-,11?,12-,14?,15?,18+,20?/m0/s1. The number of urea groups is 1. The largest absolute Gasteiger partial charge is 0.457 e. The van der Waals surface area contributed by atoms with Crippen LogP contribution in [0.3, 0.4) is 0 Å². The van der Waals surface area contributed by atoms with E-state index in [1.165, 1.54) is 17.2 Å². The predicted molar refractivity (Wildman–Crippen MR) is 118 cm³/mol. The second kappa shape index (κ2) is 7.93. The number of nitrogen functional groups attached to an aromatic ring is 1. The average molecular weight is 492 g/mol. The maximum Gasteiger partial charge on any atom is 0.315 e. The maximum absolute atomic E-state index is 12.6. The lowest BCUT2D eigenvalue weighted by atomic mass is 10.0. The normalized spacial score (nSPS) is 37.8. The molecule has 6 N–H and O–H groups in total. The second-order valence-corrected chi connectivity index (χ2v) is 10.4. The number of unbranched alkanes of at least 4 members (excludes halogenated alkanes) is 1. The molecule has 2 aromatic heterocycles. The lowest BCUT2D eigenvalue weighted by molar-refractivity contribution is -0.196. The Balaban J connectivity index is 1.07. The summed E-state index contributed by atoms with van der Waals surface area (Å²) in [4.78, 5) is 36.4. The molecule has 182 valence electrons. The van der Waals surface area contributed by atoms with Gasteiger partial charge in [0.2, 0.25) is 5.79 Å². The number of carbonyl (C=O) groups is 2. The molecule has 13 nitrogen and oxygen atoms in total. The number of fused-ring (bicyclic) bond motifs is 3. The zero-order chi connectivity index (χ0) is 23.6. The van der Waals surface area contributed by atoms with Crippen LogP contribution < -0.4 is 16.4 Å². The van der Waals surface area contributed by atoms with Crippen LogP contribution in [-0.4, -0.2) is 82.8 Å². The fraction of sp³-hybridized carbons (Fsp3) is 0.650. The molecule has 0 aromatic carbocycles. The van der Waals surface area contributed by atoms with Crippen LogP contribution in [0.1, 0.15) is 31.9 Å². The third-order valence-electron chi connectivity index (χ3n) is 7.06. The van der Waals surface area contributed by atoms with Crippen molar-refractivity contribution in [2.75, 3.05) is 11.5 Å². The summed E-state index contributed by atoms with van der Waals surface area (Å²) in [6.07, 6.45) is 2.29. The Morgan fingerprint density at radius 3 is 3.06 bits per heavy atom. The number of imidazole rings is 1. The van der Waals surface area contributed by atoms with E-state index in [9.17, 15) is 19.8 Å². The van der Waals surface area contributed by atoms with E-state index in [0.717, 1.165) is 18.6 Å². The molecular weight excluding hydrogens is 466 g/mol. The molecule has 0 spiro atoms. The summed E-state index contributed by atoms with van der Waals surface area (Å²) in [6.45, 7) is 0. The second-order valence-electron chi connectivity index (χ2n) is 9.14. The molecular formula is C20H25N7O6S. The van der Waals surface area contributed by atoms with Gasteiger partial charge < -0.3 is 36.1 Å². The fourth-order valence-electron chi connectivity index (χ4n) is 5.23. The molecule has 3 aliphatic heterocycles. The van der Waals surface area contributed by atoms with E-state index in [2.05, 4.69) is 25.6 Å². The summed E-state index contributed by atoms with van der Waals surface area (Å²) in [6, 6.07) is 0.201. The van der Waals surface area contributed by atoms with Crippen LogP contribution >= 0.6 is 11.8 Å². The van der Waals surface area contributed by atoms with Crippen molar-refractivity contribution in [3.05, 3.63) is 12.7 Å². The summed E-state index contributed by atoms with van der Waals surface area (Å²) in [5.41, 5.74) is 6.59. The third-order valence-corrected chi connectivity index (χ3v) is 8.57. The van der Waals surface area contributed by atoms with Gasteiger partial charge in [0.25, 0.3) is 0 Å². The molecule has 8 atom stereocenters. The molecule has 4 fully saturated rings. The third kappa shape index (κ3) is 3.39. The summed E-state index contributed by atoms with van der Waals surface area (Å²) in [5.74, 6) is -1.89. The van der Waals surface area contributed by atoms with Gasteiger partial charge in [-0.15, -0.1) is 0 Å². The van der Waals surface area contributed by atoms with Gasteiger partial charge in [0.15, 0.2) is 23.8 Å². The van der Waals surface area contributed by atoms with Gasteiger partial charge in [0, 0.05) is 17.4 Å². The molecule has 4 aliphatic rings. The summed E-state index contributed by atoms with van der Waals surface area (Å²) < 4.78 is 12.9. The number of aliphatic hydroxyl groups excluding tert-OH is 1. The number of nitrogens with two attached hydrogens (primary N) is 1. The molecule has 2 amide bonds. The Labute approximate surface area is 197 Å². The molecule has 5 unspecified atom stereocenters. The van der Waals surface area contributed by atoms with Crippen molar-refractivity contribution in [1.29, 1.82) is 0 Å². The molecule has 2 aromatic rings. The number of carbonyl (C=O) groups excluding carboxylic acids is 2. The van der Waals surface area contributed by atoms with Crippen LogP contribution in [0.25, 0.3) is 11.2 Å². The Bertz CT molecular complexity index is 1150. The summed E-state index contributed by atoms with van der Waals surface area (Å²) in [5, 5.41) is 26.9. The highest BCUT2D eigenvalue weighted by Gasteiger charge is 2.77. The number of nitrogens with one attached hydrogen (secondary N) is 2. The SMILES string of the molecule is Nc1ncnc2c1ncn2[C@@H]1OC2(O)C(O)C2C1OC(=O)CCCC[C@@H]1SCC2NC(=O)N[C@@H]21. The smallest absolute Gasteiger partial charge is 0.315 e. The minimum atomic E-state index is -1.78. The average Bonchev–Trinajstić information content (AvgIpc) is 3.34. The molecule has 1 saturated carbocycles. The van der Waals surface area contributed by atoms with Gasteiger partial charge in [0.1, 0.15) is 17.9 Å². The molecule has 3 saturated heterocycles. The van der Waals surface area contributed by atoms with Gasteiger partial charge in [-0.05, 0) is 12.8 Å². The van der Waals surface area contributed by atoms with Gasteiger partial charge in [-0.3, -0.25) is 9.36 Å². The van der Waals surface area contributed by atoms with Gasteiger partial charge >= 0.3 is 12.0 Å². The maximum atomic E-state index is 12.6. The number of esters is 1. The van der Waals surface area contributed by atoms with E-state index in [0.29, 0.717) is 22.8 Å². The monoisotopic (exact) mass is 491 g/mol. The topological polar surface area (TPSA) is 187 Å². The van der Waals surface area contributed by atoms with Crippen LogP contribution in [0.15, 0.2) is 12.7 Å². The quantitative estimate of drug-likeness (QED) is 0.186. The highest BCUT2D eigenvalue weighted by Crippen LogP contribution is 2.58. The predicted octanol–water partition coefficient (Wildman–Crippen LogP) is -0.746. The molecule has 0 bridgehead atoms. The number of hydrogen-bond acceptors (Lipinski definition) is 11. The van der Waals surface area contributed by atoms with Crippen molar-refractivity contribution in [3.8, 4) is 0 Å². The van der Waals surface area contributed by atoms with Crippen molar-refractivity contribution >= 4 is 40.7 Å². The van der Waals surface area contributed by atoms with Crippen LogP contribution in [0.2, 0.25) is 0 Å². The van der Waals surface area contributed by atoms with Crippen molar-refractivity contribution in [2.24, 2.45) is 5.92 Å². The van der Waals surface area contributed by atoms with Crippen molar-refractivity contribution in [3.63, 3.8) is 0 Å². The lowest BCUT2D eigenvalue weighted by Crippen LogP contribution is -2.36. The Hall–Kier alpha value is -2.68. The van der Waals surface area contributed by atoms with Crippen LogP contribution in [0.5, 0.6) is 0 Å². The zero-order valence-corrected chi connectivity index (χ0v) is 18.9. The Morgan fingerprint density at radius 2 is 2.21 bits per heavy atom. The molecule has 1 aliphatic carbocycles. The first-order chi connectivity index (χ1) is 16.4. The summed E-state index contributed by atoms with van der Waals surface area (Å²) in [7, 11) is 0. The van der Waals surface area contributed by atoms with Crippen LogP contribution in [0.4, 0.5) is 10.6 Å². The first-order valence-electron chi connectivity index (χ1n) is 11.3. The van der Waals surface area contributed by atoms with E-state index >= 15 is 0 Å². The van der Waals surface area contributed by atoms with E-state index in [4.69, 9.17) is 15.2 Å². The van der Waals surface area contributed by atoms with Gasteiger partial charge in [-0.2, -0.15) is 11.8 Å². The minimum Gasteiger partial charge on any atom is -0.457 e. The minimum absolute atomic E-state index is 0.112. The highest BCUT2D eigenvalue weighted by atomic mass is 32.2. The van der Waals surface area contributed by atoms with Crippen molar-refractivity contribution < 1.29 is 29.3 Å². The number of aromatic nitrogens is 4. The van der Waals surface area contributed by atoms with E-state index in [-0.39, 0.29) is 30.4 Å². The number of rotatable bonds is 7. The molecule has 5 heterocycles. The van der Waals surface area contributed by atoms with E-state index in [1.807, 2.05) is 11.8 Å². The fourth-order valence-corrected chi connectivity index (χ4v) is 6.78. The highest BCUT2D eigenvalue weighted by molar-refractivity contribution is 8.00. The van der Waals surface area contributed by atoms with Gasteiger partial charge in [-0.1, -0.05) is 6.42 Å². The molecule has 6 rings (SSSR count). The number of anilines is 1. The van der Waals surface area contributed by atoms with E-state index in [1.54, 1.807) is 0 Å². The molecule has 34 heavy (non-hydrogen) atoms. The number of amides is 2. The summed E-state index contributed by atoms with van der Waals surface area (Å²) >= 11 is 1.83. The number of aliphatic hydroxyl groups is 2. The first-order valence-corrected chi connectivity index (χ1v) is 12.3. The van der Waals surface area contributed by atoms with Gasteiger partial charge in [0.05, 0.1) is 24.3 Å². The molecule has 14 heteroatoms. The first kappa shape index (κ1) is 21.8. The number of thioether (sulfide) groups is 1. The van der Waals surface area contributed by atoms with Crippen LogP contribution in [-0.2, 0) is 14.3 Å². The number of hydrogen-bond donors (Lipinski definition) is 5. The van der Waals surface area contributed by atoms with Crippen molar-refractivity contribution in [1.82, 2.24) is 30.2 Å². The molecule has 0 radical (unpaired) electrons.